The van der Waals surface area contributed by atoms with Gasteiger partial charge in [0, 0.05) is 39.8 Å². The quantitative estimate of drug-likeness (QED) is 0.585. The number of urea groups is 1. The molecule has 168 valence electrons. The minimum atomic E-state index is -0.478. The first kappa shape index (κ1) is 22.3. The van der Waals surface area contributed by atoms with Crippen LogP contribution in [0.5, 0.6) is 0 Å². The van der Waals surface area contributed by atoms with Crippen LogP contribution in [0.15, 0.2) is 4.99 Å². The Morgan fingerprint density at radius 1 is 1.13 bits per heavy atom. The topological polar surface area (TPSA) is 97.8 Å². The molecule has 0 radical (unpaired) electrons. The summed E-state index contributed by atoms with van der Waals surface area (Å²) in [5.74, 6) is 0.576. The number of unbranched alkanes of at least 4 members (excludes halogenated alkanes) is 3. The number of hydrogen-bond donors (Lipinski definition) is 1. The molecule has 3 heterocycles. The zero-order valence-corrected chi connectivity index (χ0v) is 18.3. The van der Waals surface area contributed by atoms with Crippen molar-refractivity contribution in [3.05, 3.63) is 0 Å². The Morgan fingerprint density at radius 3 is 2.53 bits per heavy atom. The Bertz CT molecular complexity index is 676. The normalized spacial score (nSPS) is 24.6. The fourth-order valence-electron chi connectivity index (χ4n) is 4.19. The molecule has 0 aliphatic carbocycles. The molecule has 30 heavy (non-hydrogen) atoms. The highest BCUT2D eigenvalue weighted by atomic mass is 16.6. The van der Waals surface area contributed by atoms with Crippen LogP contribution in [0.4, 0.5) is 9.59 Å². The molecule has 1 N–H and O–H groups in total. The van der Waals surface area contributed by atoms with Crippen LogP contribution in [-0.2, 0) is 9.53 Å². The van der Waals surface area contributed by atoms with Crippen LogP contribution < -0.4 is 5.32 Å². The summed E-state index contributed by atoms with van der Waals surface area (Å²) in [7, 11) is 1.68. The van der Waals surface area contributed by atoms with Crippen molar-refractivity contribution in [1.29, 1.82) is 0 Å². The number of aliphatic imine (C=N–C) groups is 1. The highest BCUT2D eigenvalue weighted by Crippen LogP contribution is 2.25. The molecule has 0 aromatic carbocycles. The predicted molar refractivity (Wildman–Crippen MR) is 112 cm³/mol. The summed E-state index contributed by atoms with van der Waals surface area (Å²) in [5.41, 5.74) is 0. The Kier molecular flexibility index (Phi) is 7.52. The third-order valence-corrected chi connectivity index (χ3v) is 5.96. The molecule has 2 fully saturated rings. The molecule has 10 heteroatoms. The van der Waals surface area contributed by atoms with E-state index in [0.717, 1.165) is 51.2 Å². The Balaban J connectivity index is 1.65. The summed E-state index contributed by atoms with van der Waals surface area (Å²) in [5, 5.41) is 2.45. The first-order valence-electron chi connectivity index (χ1n) is 11.0. The number of ether oxygens (including phenoxy) is 1. The van der Waals surface area contributed by atoms with Crippen molar-refractivity contribution in [2.45, 2.75) is 51.7 Å². The van der Waals surface area contributed by atoms with Crippen molar-refractivity contribution < 1.29 is 19.1 Å². The van der Waals surface area contributed by atoms with E-state index in [0.29, 0.717) is 26.2 Å². The number of amidine groups is 1. The number of carbonyl (C=O) groups is 3. The van der Waals surface area contributed by atoms with E-state index < -0.39 is 18.2 Å². The van der Waals surface area contributed by atoms with E-state index in [-0.39, 0.29) is 12.0 Å². The third kappa shape index (κ3) is 4.85. The van der Waals surface area contributed by atoms with Crippen LogP contribution in [-0.4, -0.2) is 109 Å². The van der Waals surface area contributed by atoms with Crippen molar-refractivity contribution in [2.24, 2.45) is 4.99 Å². The summed E-state index contributed by atoms with van der Waals surface area (Å²) in [6, 6.07) is -0.870. The molecule has 4 amide bonds. The van der Waals surface area contributed by atoms with Crippen LogP contribution in [0.1, 0.15) is 39.5 Å². The van der Waals surface area contributed by atoms with Gasteiger partial charge in [-0.05, 0) is 13.3 Å². The SMILES string of the molecule is CCCCCCN1C(CN2CCN(C(=O)OCC)CC2)=NC2C1C(=O)NC(=O)N2C. The molecular weight excluding hydrogens is 388 g/mol. The number of piperazine rings is 1. The van der Waals surface area contributed by atoms with E-state index in [2.05, 4.69) is 22.0 Å². The smallest absolute Gasteiger partial charge is 0.409 e. The molecule has 0 saturated carbocycles. The summed E-state index contributed by atoms with van der Waals surface area (Å²) in [4.78, 5) is 48.9. The zero-order valence-electron chi connectivity index (χ0n) is 18.3. The first-order valence-corrected chi connectivity index (χ1v) is 11.0. The van der Waals surface area contributed by atoms with Crippen molar-refractivity contribution in [3.8, 4) is 0 Å². The average Bonchev–Trinajstić information content (AvgIpc) is 3.09. The van der Waals surface area contributed by atoms with Gasteiger partial charge in [0.25, 0.3) is 5.91 Å². The van der Waals surface area contributed by atoms with E-state index in [1.54, 1.807) is 18.9 Å². The standard InChI is InChI=1S/C20H34N6O4/c1-4-6-7-8-9-26-15(21-17-16(26)18(27)22-19(28)23(17)3)14-24-10-12-25(13-11-24)20(29)30-5-2/h16-17H,4-14H2,1-3H3,(H,22,27,28). The summed E-state index contributed by atoms with van der Waals surface area (Å²) >= 11 is 0. The molecule has 3 aliphatic heterocycles. The zero-order chi connectivity index (χ0) is 21.7. The summed E-state index contributed by atoms with van der Waals surface area (Å²) < 4.78 is 5.08. The van der Waals surface area contributed by atoms with Crippen molar-refractivity contribution in [3.63, 3.8) is 0 Å². The maximum Gasteiger partial charge on any atom is 0.409 e. The molecule has 0 aromatic heterocycles. The lowest BCUT2D eigenvalue weighted by Crippen LogP contribution is -2.64. The molecule has 0 spiro atoms. The van der Waals surface area contributed by atoms with Crippen LogP contribution >= 0.6 is 0 Å². The number of hydrogen-bond acceptors (Lipinski definition) is 7. The third-order valence-electron chi connectivity index (χ3n) is 5.96. The minimum Gasteiger partial charge on any atom is -0.450 e. The van der Waals surface area contributed by atoms with Gasteiger partial charge in [-0.25, -0.2) is 14.6 Å². The number of carbonyl (C=O) groups excluding carboxylic acids is 3. The number of nitrogens with zero attached hydrogens (tertiary/aromatic N) is 5. The van der Waals surface area contributed by atoms with E-state index in [9.17, 15) is 14.4 Å². The van der Waals surface area contributed by atoms with Crippen molar-refractivity contribution >= 4 is 23.9 Å². The van der Waals surface area contributed by atoms with Gasteiger partial charge >= 0.3 is 12.1 Å². The van der Waals surface area contributed by atoms with Crippen LogP contribution in [0.2, 0.25) is 0 Å². The van der Waals surface area contributed by atoms with Crippen LogP contribution in [0.25, 0.3) is 0 Å². The largest absolute Gasteiger partial charge is 0.450 e. The summed E-state index contributed by atoms with van der Waals surface area (Å²) in [6.45, 7) is 8.35. The summed E-state index contributed by atoms with van der Waals surface area (Å²) in [6.07, 6.45) is 3.65. The van der Waals surface area contributed by atoms with Crippen molar-refractivity contribution in [1.82, 2.24) is 24.9 Å². The van der Waals surface area contributed by atoms with Gasteiger partial charge < -0.3 is 19.4 Å². The minimum absolute atomic E-state index is 0.268. The Labute approximate surface area is 178 Å². The van der Waals surface area contributed by atoms with Crippen molar-refractivity contribution in [2.75, 3.05) is 52.9 Å². The predicted octanol–water partition coefficient (Wildman–Crippen LogP) is 0.931. The Morgan fingerprint density at radius 2 is 1.87 bits per heavy atom. The van der Waals surface area contributed by atoms with Crippen LogP contribution in [0, 0.1) is 0 Å². The molecule has 3 aliphatic rings. The molecule has 3 rings (SSSR count). The Hall–Kier alpha value is -2.36. The van der Waals surface area contributed by atoms with Gasteiger partial charge in [0.1, 0.15) is 5.84 Å². The lowest BCUT2D eigenvalue weighted by Gasteiger charge is -2.38. The maximum absolute atomic E-state index is 12.6. The second kappa shape index (κ2) is 10.1. The van der Waals surface area contributed by atoms with Gasteiger partial charge in [-0.2, -0.15) is 0 Å². The molecular formula is C20H34N6O4. The number of amides is 4. The number of likely N-dealkylation sites (N-methyl/N-ethyl adjacent to an activating group) is 1. The molecule has 2 unspecified atom stereocenters. The molecule has 2 saturated heterocycles. The van der Waals surface area contributed by atoms with E-state index in [4.69, 9.17) is 9.73 Å². The van der Waals surface area contributed by atoms with Gasteiger partial charge in [-0.1, -0.05) is 26.2 Å². The van der Waals surface area contributed by atoms with Gasteiger partial charge in [-0.15, -0.1) is 0 Å². The fourth-order valence-corrected chi connectivity index (χ4v) is 4.19. The fraction of sp³-hybridized carbons (Fsp3) is 0.800. The number of rotatable bonds is 8. The second-order valence-corrected chi connectivity index (χ2v) is 8.03. The molecule has 2 atom stereocenters. The highest BCUT2D eigenvalue weighted by Gasteiger charge is 2.48. The van der Waals surface area contributed by atoms with E-state index >= 15 is 0 Å². The first-order chi connectivity index (χ1) is 14.5. The van der Waals surface area contributed by atoms with Gasteiger partial charge in [0.2, 0.25) is 0 Å². The number of nitrogens with one attached hydrogen (secondary N) is 1. The van der Waals surface area contributed by atoms with Crippen LogP contribution in [0.3, 0.4) is 0 Å². The van der Waals surface area contributed by atoms with E-state index in [1.165, 1.54) is 4.90 Å². The van der Waals surface area contributed by atoms with Gasteiger partial charge in [0.05, 0.1) is 13.2 Å². The number of imide groups is 1. The van der Waals surface area contributed by atoms with Gasteiger partial charge in [-0.3, -0.25) is 15.0 Å². The molecule has 0 bridgehead atoms. The highest BCUT2D eigenvalue weighted by molar-refractivity contribution is 6.04. The average molecular weight is 423 g/mol. The second-order valence-electron chi connectivity index (χ2n) is 8.03. The molecule has 0 aromatic rings. The lowest BCUT2D eigenvalue weighted by atomic mass is 10.1. The lowest BCUT2D eigenvalue weighted by molar-refractivity contribution is -0.127. The number of fused-ring (bicyclic) bond motifs is 1. The maximum atomic E-state index is 12.6. The molecule has 10 nitrogen and oxygen atoms in total. The van der Waals surface area contributed by atoms with Gasteiger partial charge in [0.15, 0.2) is 12.2 Å². The monoisotopic (exact) mass is 422 g/mol. The van der Waals surface area contributed by atoms with E-state index in [1.807, 2.05) is 0 Å².